The van der Waals surface area contributed by atoms with Gasteiger partial charge < -0.3 is 5.32 Å². The summed E-state index contributed by atoms with van der Waals surface area (Å²) in [5.74, 6) is -2.04. The van der Waals surface area contributed by atoms with E-state index in [-0.39, 0.29) is 18.1 Å². The molecule has 0 unspecified atom stereocenters. The summed E-state index contributed by atoms with van der Waals surface area (Å²) in [4.78, 5) is 34.9. The molecule has 0 saturated carbocycles. The van der Waals surface area contributed by atoms with Crippen molar-refractivity contribution < 1.29 is 18.4 Å². The summed E-state index contributed by atoms with van der Waals surface area (Å²) in [5, 5.41) is 5.55. The number of nitrogens with one attached hydrogen (secondary N) is 2. The first kappa shape index (κ1) is 31.8. The van der Waals surface area contributed by atoms with Gasteiger partial charge in [-0.25, -0.2) is 13.6 Å². The topological polar surface area (TPSA) is 86.2 Å². The van der Waals surface area contributed by atoms with Crippen molar-refractivity contribution in [3.63, 3.8) is 0 Å². The maximum atomic E-state index is 14.2. The number of halogens is 2. The van der Waals surface area contributed by atoms with Crippen LogP contribution >= 0.6 is 0 Å². The molecule has 3 amide bonds. The Morgan fingerprint density at radius 3 is 2.48 bits per heavy atom. The zero-order valence-corrected chi connectivity index (χ0v) is 23.9. The van der Waals surface area contributed by atoms with Crippen LogP contribution in [-0.4, -0.2) is 36.1 Å². The van der Waals surface area contributed by atoms with Crippen molar-refractivity contribution in [1.82, 2.24) is 15.5 Å². The van der Waals surface area contributed by atoms with Crippen molar-refractivity contribution in [1.29, 1.82) is 0 Å². The first-order valence-electron chi connectivity index (χ1n) is 13.0. The molecule has 2 rings (SSSR count). The molecule has 0 radical (unpaired) electrons. The van der Waals surface area contributed by atoms with Crippen molar-refractivity contribution in [3.8, 4) is 0 Å². The Labute approximate surface area is 235 Å². The number of aliphatic imine (C=N–C) groups is 2. The molecule has 0 aliphatic heterocycles. The minimum Gasteiger partial charge on any atom is -0.325 e. The van der Waals surface area contributed by atoms with E-state index in [9.17, 15) is 18.4 Å². The van der Waals surface area contributed by atoms with E-state index in [0.29, 0.717) is 23.4 Å². The highest BCUT2D eigenvalue weighted by Crippen LogP contribution is 2.24. The zero-order valence-electron chi connectivity index (χ0n) is 23.9. The number of guanidine groups is 1. The Kier molecular flexibility index (Phi) is 12.1. The molecule has 212 valence electrons. The number of allylic oxidation sites excluding steroid dienone is 9. The van der Waals surface area contributed by atoms with Crippen LogP contribution in [0.1, 0.15) is 51.7 Å². The highest BCUT2D eigenvalue weighted by molar-refractivity contribution is 6.12. The second-order valence-corrected chi connectivity index (χ2v) is 9.06. The molecular weight excluding hydrogens is 512 g/mol. The number of aryl methyl sites for hydroxylation is 1. The maximum Gasteiger partial charge on any atom is 0.351 e. The lowest BCUT2D eigenvalue weighted by molar-refractivity contribution is -0.108. The van der Waals surface area contributed by atoms with Crippen LogP contribution in [0.4, 0.5) is 13.6 Å². The minimum absolute atomic E-state index is 0.0908. The van der Waals surface area contributed by atoms with Crippen LogP contribution in [0, 0.1) is 18.6 Å². The summed E-state index contributed by atoms with van der Waals surface area (Å²) in [6.45, 7) is 12.6. The molecule has 1 aromatic rings. The predicted molar refractivity (Wildman–Crippen MR) is 158 cm³/mol. The van der Waals surface area contributed by atoms with E-state index in [4.69, 9.17) is 0 Å². The Bertz CT molecular complexity index is 1340. The Hall–Kier alpha value is -4.40. The zero-order chi connectivity index (χ0) is 29.8. The number of urea groups is 1. The molecule has 1 aliphatic rings. The standard InChI is InChI=1S/C31H37F2N5O2/c1-8-12-24-17-27(34-7)23(10-3)16-28(24)36-30(35-19-39)37-31(40)38(25(11-4)13-20(5)9-2)18-22-14-21(6)29(33)26(32)15-22/h9-11,13-17,19H,2,8,12,18H2,1,3-7H3,(H2,35,36,37,39,40)/b20-13-,23-10-,25-11+,34-27-. The van der Waals surface area contributed by atoms with E-state index >= 15 is 0 Å². The van der Waals surface area contributed by atoms with Gasteiger partial charge in [-0.15, -0.1) is 0 Å². The third-order valence-corrected chi connectivity index (χ3v) is 6.13. The number of benzene rings is 1. The van der Waals surface area contributed by atoms with Gasteiger partial charge in [0.1, 0.15) is 0 Å². The fraction of sp³-hybridized carbons (Fsp3) is 0.290. The van der Waals surface area contributed by atoms with E-state index in [0.717, 1.165) is 41.3 Å². The molecule has 40 heavy (non-hydrogen) atoms. The summed E-state index contributed by atoms with van der Waals surface area (Å²) >= 11 is 0. The second kappa shape index (κ2) is 15.3. The number of hydrogen-bond acceptors (Lipinski definition) is 3. The largest absolute Gasteiger partial charge is 0.351 e. The number of carbonyl (C=O) groups is 2. The maximum absolute atomic E-state index is 14.2. The van der Waals surface area contributed by atoms with Crippen molar-refractivity contribution in [2.75, 3.05) is 7.05 Å². The van der Waals surface area contributed by atoms with E-state index in [2.05, 4.69) is 27.2 Å². The third kappa shape index (κ3) is 8.30. The predicted octanol–water partition coefficient (Wildman–Crippen LogP) is 6.56. The van der Waals surface area contributed by atoms with Crippen LogP contribution < -0.4 is 10.6 Å². The van der Waals surface area contributed by atoms with E-state index in [1.807, 2.05) is 39.0 Å². The lowest BCUT2D eigenvalue weighted by atomic mass is 9.94. The molecule has 1 aromatic carbocycles. The molecule has 0 spiro atoms. The lowest BCUT2D eigenvalue weighted by Gasteiger charge is -2.24. The average Bonchev–Trinajstić information content (AvgIpc) is 2.93. The first-order valence-corrected chi connectivity index (χ1v) is 13.0. The van der Waals surface area contributed by atoms with Crippen molar-refractivity contribution in [2.24, 2.45) is 9.98 Å². The van der Waals surface area contributed by atoms with Crippen molar-refractivity contribution >= 4 is 24.1 Å². The van der Waals surface area contributed by atoms with Gasteiger partial charge in [0.25, 0.3) is 0 Å². The summed E-state index contributed by atoms with van der Waals surface area (Å²) in [7, 11) is 1.72. The summed E-state index contributed by atoms with van der Waals surface area (Å²) in [6, 6.07) is 1.79. The van der Waals surface area contributed by atoms with Crippen molar-refractivity contribution in [3.05, 3.63) is 106 Å². The molecule has 9 heteroatoms. The monoisotopic (exact) mass is 549 g/mol. The smallest absolute Gasteiger partial charge is 0.325 e. The summed E-state index contributed by atoms with van der Waals surface area (Å²) in [6.07, 6.45) is 12.8. The number of amides is 3. The van der Waals surface area contributed by atoms with Gasteiger partial charge in [-0.3, -0.25) is 20.0 Å². The van der Waals surface area contributed by atoms with Gasteiger partial charge in [-0.05, 0) is 86.3 Å². The minimum atomic E-state index is -1.01. The molecule has 1 aliphatic carbocycles. The van der Waals surface area contributed by atoms with Gasteiger partial charge >= 0.3 is 6.03 Å². The number of hydrogen-bond donors (Lipinski definition) is 2. The van der Waals surface area contributed by atoms with Crippen LogP contribution in [-0.2, 0) is 11.3 Å². The number of nitrogens with zero attached hydrogens (tertiary/aromatic N) is 3. The lowest BCUT2D eigenvalue weighted by Crippen LogP contribution is -2.39. The van der Waals surface area contributed by atoms with Gasteiger partial charge in [0, 0.05) is 18.4 Å². The van der Waals surface area contributed by atoms with Gasteiger partial charge in [0.2, 0.25) is 12.4 Å². The Morgan fingerprint density at radius 1 is 1.20 bits per heavy atom. The van der Waals surface area contributed by atoms with Gasteiger partial charge in [0.05, 0.1) is 12.3 Å². The van der Waals surface area contributed by atoms with Crippen LogP contribution in [0.15, 0.2) is 93.3 Å². The molecule has 7 nitrogen and oxygen atoms in total. The van der Waals surface area contributed by atoms with Crippen molar-refractivity contribution in [2.45, 2.75) is 54.0 Å². The van der Waals surface area contributed by atoms with Gasteiger partial charge in [0.15, 0.2) is 11.6 Å². The third-order valence-electron chi connectivity index (χ3n) is 6.13. The van der Waals surface area contributed by atoms with Crippen LogP contribution in [0.3, 0.4) is 0 Å². The first-order chi connectivity index (χ1) is 19.1. The van der Waals surface area contributed by atoms with E-state index < -0.39 is 17.7 Å². The fourth-order valence-electron chi connectivity index (χ4n) is 4.05. The molecule has 0 bridgehead atoms. The normalized spacial score (nSPS) is 16.4. The van der Waals surface area contributed by atoms with Crippen LogP contribution in [0.25, 0.3) is 0 Å². The molecule has 0 atom stereocenters. The Morgan fingerprint density at radius 2 is 1.93 bits per heavy atom. The van der Waals surface area contributed by atoms with E-state index in [1.54, 1.807) is 32.2 Å². The molecule has 2 N–H and O–H groups in total. The molecule has 0 aromatic heterocycles. The summed E-state index contributed by atoms with van der Waals surface area (Å²) < 4.78 is 28.1. The number of carbonyl (C=O) groups excluding carboxylic acids is 2. The van der Waals surface area contributed by atoms with Crippen LogP contribution in [0.2, 0.25) is 0 Å². The fourth-order valence-corrected chi connectivity index (χ4v) is 4.05. The molecule has 0 saturated heterocycles. The van der Waals surface area contributed by atoms with E-state index in [1.165, 1.54) is 17.9 Å². The quantitative estimate of drug-likeness (QED) is 0.158. The van der Waals surface area contributed by atoms with Crippen LogP contribution in [0.5, 0.6) is 0 Å². The van der Waals surface area contributed by atoms with Gasteiger partial charge in [-0.1, -0.05) is 44.2 Å². The SMILES string of the molecule is C=C/C(C)=C\C(=C/C)N(Cc1cc(C)c(F)c(F)c1)C(=O)/N=C(\NC=O)NC1=CC(=C/C)/C(=N\C)C=C1CCC. The summed E-state index contributed by atoms with van der Waals surface area (Å²) in [5.41, 5.74) is 5.02. The Balaban J connectivity index is 2.57. The molecule has 0 fully saturated rings. The molecular formula is C31H37F2N5O2. The number of rotatable bonds is 9. The highest BCUT2D eigenvalue weighted by atomic mass is 19.2. The highest BCUT2D eigenvalue weighted by Gasteiger charge is 2.21. The average molecular weight is 550 g/mol. The molecule has 0 heterocycles. The second-order valence-electron chi connectivity index (χ2n) is 9.06. The van der Waals surface area contributed by atoms with Gasteiger partial charge in [-0.2, -0.15) is 4.99 Å².